The van der Waals surface area contributed by atoms with Crippen LogP contribution in [0.2, 0.25) is 0 Å². The highest BCUT2D eigenvalue weighted by Gasteiger charge is 2.37. The van der Waals surface area contributed by atoms with E-state index >= 15 is 0 Å². The van der Waals surface area contributed by atoms with Gasteiger partial charge in [0, 0.05) is 32.5 Å². The lowest BCUT2D eigenvalue weighted by molar-refractivity contribution is -0.152. The lowest BCUT2D eigenvalue weighted by Crippen LogP contribution is -2.52. The third kappa shape index (κ3) is 4.65. The summed E-state index contributed by atoms with van der Waals surface area (Å²) in [5.41, 5.74) is 0. The Hall–Kier alpha value is -0.780. The topological polar surface area (TPSA) is 32.3 Å². The highest BCUT2D eigenvalue weighted by Crippen LogP contribution is 2.31. The molecule has 2 fully saturated rings. The summed E-state index contributed by atoms with van der Waals surface area (Å²) in [5.74, 6) is 0.0580. The van der Waals surface area contributed by atoms with Crippen molar-refractivity contribution in [3.05, 3.63) is 0 Å². The maximum atomic E-state index is 12.5. The number of rotatable bonds is 4. The number of alkyl halides is 3. The standard InChI is InChI=1S/C14H23F3N2O/c1-10(20)19-8-12(6-14(15,16)17)5-13(9-19)18-7-11-3-2-4-11/h11-13,18H,2-9H2,1H3. The van der Waals surface area contributed by atoms with E-state index in [2.05, 4.69) is 5.32 Å². The minimum atomic E-state index is -4.15. The molecule has 0 aromatic heterocycles. The molecule has 1 aliphatic carbocycles. The molecule has 1 amide bonds. The highest BCUT2D eigenvalue weighted by atomic mass is 19.4. The first-order valence-corrected chi connectivity index (χ1v) is 7.39. The number of hydrogen-bond acceptors (Lipinski definition) is 2. The quantitative estimate of drug-likeness (QED) is 0.863. The van der Waals surface area contributed by atoms with E-state index in [-0.39, 0.29) is 18.5 Å². The van der Waals surface area contributed by atoms with Crippen LogP contribution in [0.5, 0.6) is 0 Å². The number of hydrogen-bond donors (Lipinski definition) is 1. The largest absolute Gasteiger partial charge is 0.389 e. The van der Waals surface area contributed by atoms with Gasteiger partial charge in [0.2, 0.25) is 5.91 Å². The molecular formula is C14H23F3N2O. The van der Waals surface area contributed by atoms with Crippen LogP contribution in [-0.2, 0) is 4.79 Å². The summed E-state index contributed by atoms with van der Waals surface area (Å²) in [6, 6.07) is 0.000556. The fourth-order valence-electron chi connectivity index (χ4n) is 3.11. The van der Waals surface area contributed by atoms with Gasteiger partial charge in [0.15, 0.2) is 0 Å². The molecule has 2 rings (SSSR count). The van der Waals surface area contributed by atoms with Crippen LogP contribution in [0.1, 0.15) is 39.0 Å². The van der Waals surface area contributed by atoms with E-state index in [1.165, 1.54) is 26.2 Å². The fourth-order valence-corrected chi connectivity index (χ4v) is 3.11. The third-order valence-electron chi connectivity index (χ3n) is 4.42. The van der Waals surface area contributed by atoms with Gasteiger partial charge in [-0.15, -0.1) is 0 Å². The molecule has 1 aliphatic heterocycles. The number of nitrogens with one attached hydrogen (secondary N) is 1. The first kappa shape index (κ1) is 15.6. The predicted molar refractivity (Wildman–Crippen MR) is 70.2 cm³/mol. The molecule has 0 bridgehead atoms. The molecule has 6 heteroatoms. The SMILES string of the molecule is CC(=O)N1CC(CC(F)(F)F)CC(NCC2CCC2)C1. The first-order chi connectivity index (χ1) is 9.33. The summed E-state index contributed by atoms with van der Waals surface area (Å²) in [7, 11) is 0. The van der Waals surface area contributed by atoms with Crippen molar-refractivity contribution in [2.75, 3.05) is 19.6 Å². The van der Waals surface area contributed by atoms with Gasteiger partial charge in [0.05, 0.1) is 0 Å². The highest BCUT2D eigenvalue weighted by molar-refractivity contribution is 5.73. The number of piperidine rings is 1. The Morgan fingerprint density at radius 1 is 1.25 bits per heavy atom. The molecule has 3 nitrogen and oxygen atoms in total. The van der Waals surface area contributed by atoms with Crippen LogP contribution in [0.25, 0.3) is 0 Å². The van der Waals surface area contributed by atoms with Crippen LogP contribution in [0, 0.1) is 11.8 Å². The van der Waals surface area contributed by atoms with Gasteiger partial charge in [-0.25, -0.2) is 0 Å². The second-order valence-corrected chi connectivity index (χ2v) is 6.25. The Kier molecular flexibility index (Phi) is 4.94. The Bertz CT molecular complexity index is 342. The number of nitrogens with zero attached hydrogens (tertiary/aromatic N) is 1. The number of carbonyl (C=O) groups is 1. The van der Waals surface area contributed by atoms with Crippen molar-refractivity contribution >= 4 is 5.91 Å². The van der Waals surface area contributed by atoms with Crippen LogP contribution >= 0.6 is 0 Å². The molecule has 116 valence electrons. The molecule has 2 aliphatic rings. The van der Waals surface area contributed by atoms with Gasteiger partial charge in [-0.2, -0.15) is 13.2 Å². The fraction of sp³-hybridized carbons (Fsp3) is 0.929. The molecule has 1 N–H and O–H groups in total. The summed E-state index contributed by atoms with van der Waals surface area (Å²) >= 11 is 0. The van der Waals surface area contributed by atoms with Gasteiger partial charge in [-0.05, 0) is 37.6 Å². The number of likely N-dealkylation sites (tertiary alicyclic amines) is 1. The lowest BCUT2D eigenvalue weighted by atomic mass is 9.84. The van der Waals surface area contributed by atoms with E-state index in [1.807, 2.05) is 0 Å². The zero-order valence-corrected chi connectivity index (χ0v) is 11.9. The van der Waals surface area contributed by atoms with Gasteiger partial charge < -0.3 is 10.2 Å². The maximum Gasteiger partial charge on any atom is 0.389 e. The zero-order valence-electron chi connectivity index (χ0n) is 11.9. The van der Waals surface area contributed by atoms with Crippen molar-refractivity contribution in [2.24, 2.45) is 11.8 Å². The van der Waals surface area contributed by atoms with Gasteiger partial charge in [0.1, 0.15) is 0 Å². The average Bonchev–Trinajstić information content (AvgIpc) is 2.24. The molecule has 2 atom stereocenters. The van der Waals surface area contributed by atoms with Crippen LogP contribution in [-0.4, -0.2) is 42.7 Å². The van der Waals surface area contributed by atoms with Gasteiger partial charge in [-0.3, -0.25) is 4.79 Å². The minimum Gasteiger partial charge on any atom is -0.341 e. The Morgan fingerprint density at radius 2 is 1.95 bits per heavy atom. The van der Waals surface area contributed by atoms with Gasteiger partial charge in [0.25, 0.3) is 0 Å². The van der Waals surface area contributed by atoms with E-state index in [0.29, 0.717) is 18.9 Å². The second kappa shape index (κ2) is 6.33. The first-order valence-electron chi connectivity index (χ1n) is 7.39. The summed E-state index contributed by atoms with van der Waals surface area (Å²) in [4.78, 5) is 13.0. The second-order valence-electron chi connectivity index (χ2n) is 6.25. The Labute approximate surface area is 117 Å². The molecule has 1 saturated carbocycles. The van der Waals surface area contributed by atoms with E-state index in [4.69, 9.17) is 0 Å². The van der Waals surface area contributed by atoms with Crippen molar-refractivity contribution < 1.29 is 18.0 Å². The van der Waals surface area contributed by atoms with Gasteiger partial charge >= 0.3 is 6.18 Å². The van der Waals surface area contributed by atoms with Crippen molar-refractivity contribution in [1.29, 1.82) is 0 Å². The minimum absolute atomic E-state index is 0.000556. The van der Waals surface area contributed by atoms with E-state index in [9.17, 15) is 18.0 Å². The molecule has 20 heavy (non-hydrogen) atoms. The van der Waals surface area contributed by atoms with Crippen LogP contribution in [0.3, 0.4) is 0 Å². The molecular weight excluding hydrogens is 269 g/mol. The number of amides is 1. The van der Waals surface area contributed by atoms with E-state index in [0.717, 1.165) is 6.54 Å². The van der Waals surface area contributed by atoms with Crippen molar-refractivity contribution in [3.63, 3.8) is 0 Å². The summed E-state index contributed by atoms with van der Waals surface area (Å²) in [6.07, 6.45) is -0.755. The molecule has 1 heterocycles. The Morgan fingerprint density at radius 3 is 2.45 bits per heavy atom. The molecule has 0 radical (unpaired) electrons. The van der Waals surface area contributed by atoms with Crippen LogP contribution < -0.4 is 5.32 Å². The van der Waals surface area contributed by atoms with E-state index < -0.39 is 18.5 Å². The van der Waals surface area contributed by atoms with Crippen LogP contribution in [0.15, 0.2) is 0 Å². The van der Waals surface area contributed by atoms with E-state index in [1.54, 1.807) is 4.90 Å². The molecule has 1 saturated heterocycles. The number of carbonyl (C=O) groups excluding carboxylic acids is 1. The normalized spacial score (nSPS) is 28.3. The summed E-state index contributed by atoms with van der Waals surface area (Å²) < 4.78 is 37.6. The van der Waals surface area contributed by atoms with Gasteiger partial charge in [-0.1, -0.05) is 6.42 Å². The average molecular weight is 292 g/mol. The molecule has 0 aromatic rings. The van der Waals surface area contributed by atoms with Crippen molar-refractivity contribution in [2.45, 2.75) is 51.2 Å². The molecule has 2 unspecified atom stereocenters. The maximum absolute atomic E-state index is 12.5. The number of halogens is 3. The third-order valence-corrected chi connectivity index (χ3v) is 4.42. The van der Waals surface area contributed by atoms with Crippen molar-refractivity contribution in [1.82, 2.24) is 10.2 Å². The zero-order chi connectivity index (χ0) is 14.8. The predicted octanol–water partition coefficient (Wildman–Crippen LogP) is 2.57. The lowest BCUT2D eigenvalue weighted by Gasteiger charge is -2.39. The summed E-state index contributed by atoms with van der Waals surface area (Å²) in [6.45, 7) is 3.07. The smallest absolute Gasteiger partial charge is 0.341 e. The molecule has 0 aromatic carbocycles. The molecule has 0 spiro atoms. The monoisotopic (exact) mass is 292 g/mol. The van der Waals surface area contributed by atoms with Crippen LogP contribution in [0.4, 0.5) is 13.2 Å². The summed E-state index contributed by atoms with van der Waals surface area (Å²) in [5, 5.41) is 3.36. The van der Waals surface area contributed by atoms with Crippen molar-refractivity contribution in [3.8, 4) is 0 Å². The Balaban J connectivity index is 1.87.